The highest BCUT2D eigenvalue weighted by Crippen LogP contribution is 2.39. The molecule has 0 bridgehead atoms. The van der Waals surface area contributed by atoms with E-state index in [1.54, 1.807) is 12.5 Å². The van der Waals surface area contributed by atoms with Crippen molar-refractivity contribution < 1.29 is 18.0 Å². The number of aromatic nitrogens is 2. The second-order valence-corrected chi connectivity index (χ2v) is 3.98. The van der Waals surface area contributed by atoms with E-state index in [9.17, 15) is 18.0 Å². The molecule has 1 aromatic rings. The van der Waals surface area contributed by atoms with E-state index in [0.717, 1.165) is 13.8 Å². The Morgan fingerprint density at radius 2 is 1.94 bits per heavy atom. The minimum absolute atomic E-state index is 0.285. The van der Waals surface area contributed by atoms with Crippen molar-refractivity contribution in [3.8, 4) is 0 Å². The molecule has 0 spiro atoms. The van der Waals surface area contributed by atoms with Crippen LogP contribution >= 0.6 is 0 Å². The van der Waals surface area contributed by atoms with Gasteiger partial charge in [0.05, 0.1) is 11.7 Å². The second-order valence-electron chi connectivity index (χ2n) is 3.98. The van der Waals surface area contributed by atoms with Crippen LogP contribution in [0.25, 0.3) is 0 Å². The summed E-state index contributed by atoms with van der Waals surface area (Å²) >= 11 is 0. The molecule has 0 aromatic carbocycles. The number of halogens is 3. The van der Waals surface area contributed by atoms with Gasteiger partial charge in [-0.15, -0.1) is 0 Å². The fourth-order valence-electron chi connectivity index (χ4n) is 0.650. The Kier molecular flexibility index (Phi) is 5.20. The van der Waals surface area contributed by atoms with Crippen molar-refractivity contribution in [2.75, 3.05) is 0 Å². The molecule has 0 aliphatic carbocycles. The van der Waals surface area contributed by atoms with Crippen molar-refractivity contribution >= 4 is 6.29 Å². The van der Waals surface area contributed by atoms with E-state index in [2.05, 4.69) is 4.98 Å². The number of carbonyl (C=O) groups is 1. The first-order chi connectivity index (χ1) is 7.20. The minimum Gasteiger partial charge on any atom is -0.341 e. The average Bonchev–Trinajstić information content (AvgIpc) is 2.54. The Balaban J connectivity index is 0.000000315. The molecule has 0 saturated heterocycles. The van der Waals surface area contributed by atoms with Gasteiger partial charge in [-0.05, 0) is 0 Å². The molecule has 3 nitrogen and oxygen atoms in total. The summed E-state index contributed by atoms with van der Waals surface area (Å²) in [5, 5.41) is 0. The molecule has 0 radical (unpaired) electrons. The molecular formula is C10H15F3N2O. The number of carbonyl (C=O) groups excluding carboxylic acids is 1. The first-order valence-corrected chi connectivity index (χ1v) is 4.63. The lowest BCUT2D eigenvalue weighted by Gasteiger charge is -2.24. The molecule has 0 fully saturated rings. The molecule has 0 aliphatic heterocycles. The van der Waals surface area contributed by atoms with Gasteiger partial charge in [0.15, 0.2) is 0 Å². The van der Waals surface area contributed by atoms with E-state index < -0.39 is 18.0 Å². The SMILES string of the molecule is CC(C)(CC=O)C(F)(F)F.Cn1ccnc1. The van der Waals surface area contributed by atoms with Crippen molar-refractivity contribution in [2.24, 2.45) is 12.5 Å². The zero-order valence-electron chi connectivity index (χ0n) is 9.45. The smallest absolute Gasteiger partial charge is 0.341 e. The van der Waals surface area contributed by atoms with E-state index in [1.165, 1.54) is 0 Å². The number of rotatable bonds is 2. The van der Waals surface area contributed by atoms with Crippen LogP contribution in [0.15, 0.2) is 18.7 Å². The lowest BCUT2D eigenvalue weighted by Crippen LogP contribution is -2.32. The fourth-order valence-corrected chi connectivity index (χ4v) is 0.650. The van der Waals surface area contributed by atoms with E-state index in [-0.39, 0.29) is 6.29 Å². The van der Waals surface area contributed by atoms with Crippen molar-refractivity contribution in [1.29, 1.82) is 0 Å². The molecule has 0 N–H and O–H groups in total. The van der Waals surface area contributed by atoms with Crippen molar-refractivity contribution in [1.82, 2.24) is 9.55 Å². The lowest BCUT2D eigenvalue weighted by molar-refractivity contribution is -0.212. The maximum atomic E-state index is 11.9. The molecule has 92 valence electrons. The van der Waals surface area contributed by atoms with E-state index >= 15 is 0 Å². The van der Waals surface area contributed by atoms with Gasteiger partial charge in [-0.2, -0.15) is 13.2 Å². The molecule has 1 aromatic heterocycles. The summed E-state index contributed by atoms with van der Waals surface area (Å²) < 4.78 is 37.5. The minimum atomic E-state index is -4.28. The van der Waals surface area contributed by atoms with Gasteiger partial charge in [0.1, 0.15) is 6.29 Å². The highest BCUT2D eigenvalue weighted by molar-refractivity contribution is 5.50. The van der Waals surface area contributed by atoms with Gasteiger partial charge < -0.3 is 9.36 Å². The summed E-state index contributed by atoms with van der Waals surface area (Å²) in [6.07, 6.45) is 0.915. The standard InChI is InChI=1S/C6H9F3O.C4H6N2/c1-5(2,3-4-10)6(7,8)9;1-6-3-2-5-4-6/h4H,3H2,1-2H3;2-4H,1H3. The third-order valence-corrected chi connectivity index (χ3v) is 2.00. The van der Waals surface area contributed by atoms with Gasteiger partial charge in [-0.25, -0.2) is 4.98 Å². The van der Waals surface area contributed by atoms with E-state index in [4.69, 9.17) is 0 Å². The third kappa shape index (κ3) is 4.95. The normalized spacial score (nSPS) is 11.6. The largest absolute Gasteiger partial charge is 0.394 e. The van der Waals surface area contributed by atoms with Crippen LogP contribution in [0.5, 0.6) is 0 Å². The zero-order valence-corrected chi connectivity index (χ0v) is 9.45. The number of alkyl halides is 3. The Morgan fingerprint density at radius 1 is 1.38 bits per heavy atom. The molecule has 0 aliphatic rings. The molecule has 0 amide bonds. The van der Waals surface area contributed by atoms with Gasteiger partial charge in [-0.1, -0.05) is 13.8 Å². The number of aldehydes is 1. The maximum absolute atomic E-state index is 11.9. The van der Waals surface area contributed by atoms with Crippen LogP contribution in [-0.4, -0.2) is 22.0 Å². The van der Waals surface area contributed by atoms with Crippen LogP contribution in [0, 0.1) is 5.41 Å². The van der Waals surface area contributed by atoms with Crippen LogP contribution in [0.2, 0.25) is 0 Å². The summed E-state index contributed by atoms with van der Waals surface area (Å²) in [5.41, 5.74) is -1.88. The van der Waals surface area contributed by atoms with Crippen molar-refractivity contribution in [2.45, 2.75) is 26.4 Å². The van der Waals surface area contributed by atoms with Crippen molar-refractivity contribution in [3.63, 3.8) is 0 Å². The first kappa shape index (κ1) is 14.7. The van der Waals surface area contributed by atoms with Gasteiger partial charge in [0, 0.05) is 25.9 Å². The monoisotopic (exact) mass is 236 g/mol. The fraction of sp³-hybridized carbons (Fsp3) is 0.600. The van der Waals surface area contributed by atoms with E-state index in [1.807, 2.05) is 17.8 Å². The number of nitrogens with zero attached hydrogens (tertiary/aromatic N) is 2. The Hall–Kier alpha value is -1.33. The number of aryl methyl sites for hydroxylation is 1. The van der Waals surface area contributed by atoms with Crippen LogP contribution in [0.4, 0.5) is 13.2 Å². The van der Waals surface area contributed by atoms with Gasteiger partial charge in [0.25, 0.3) is 0 Å². The second kappa shape index (κ2) is 5.67. The predicted octanol–water partition coefficient (Wildman–Crippen LogP) is 2.58. The van der Waals surface area contributed by atoms with Crippen LogP contribution in [0.1, 0.15) is 20.3 Å². The summed E-state index contributed by atoms with van der Waals surface area (Å²) in [7, 11) is 1.94. The van der Waals surface area contributed by atoms with Gasteiger partial charge in [-0.3, -0.25) is 0 Å². The van der Waals surface area contributed by atoms with Gasteiger partial charge >= 0.3 is 6.18 Å². The number of hydrogen-bond acceptors (Lipinski definition) is 2. The van der Waals surface area contributed by atoms with E-state index in [0.29, 0.717) is 0 Å². The lowest BCUT2D eigenvalue weighted by atomic mass is 9.89. The molecule has 6 heteroatoms. The molecule has 16 heavy (non-hydrogen) atoms. The summed E-state index contributed by atoms with van der Waals surface area (Å²) in [6, 6.07) is 0. The molecular weight excluding hydrogens is 221 g/mol. The molecule has 1 heterocycles. The molecule has 0 unspecified atom stereocenters. The number of hydrogen-bond donors (Lipinski definition) is 0. The Labute approximate surface area is 92.3 Å². The Morgan fingerprint density at radius 3 is 2.06 bits per heavy atom. The molecule has 1 rings (SSSR count). The van der Waals surface area contributed by atoms with Gasteiger partial charge in [0.2, 0.25) is 0 Å². The highest BCUT2D eigenvalue weighted by Gasteiger charge is 2.46. The number of imidazole rings is 1. The summed E-state index contributed by atoms with van der Waals surface area (Å²) in [6.45, 7) is 2.00. The van der Waals surface area contributed by atoms with Crippen LogP contribution in [0.3, 0.4) is 0 Å². The average molecular weight is 236 g/mol. The summed E-state index contributed by atoms with van der Waals surface area (Å²) in [4.78, 5) is 13.6. The third-order valence-electron chi connectivity index (χ3n) is 2.00. The van der Waals surface area contributed by atoms with Crippen LogP contribution in [-0.2, 0) is 11.8 Å². The molecule has 0 atom stereocenters. The maximum Gasteiger partial charge on any atom is 0.394 e. The first-order valence-electron chi connectivity index (χ1n) is 4.63. The highest BCUT2D eigenvalue weighted by atomic mass is 19.4. The zero-order chi connectivity index (χ0) is 12.8. The van der Waals surface area contributed by atoms with Crippen LogP contribution < -0.4 is 0 Å². The molecule has 0 saturated carbocycles. The summed E-state index contributed by atoms with van der Waals surface area (Å²) in [5.74, 6) is 0. The predicted molar refractivity (Wildman–Crippen MR) is 53.7 cm³/mol. The quantitative estimate of drug-likeness (QED) is 0.740. The Bertz CT molecular complexity index is 304. The van der Waals surface area contributed by atoms with Crippen molar-refractivity contribution in [3.05, 3.63) is 18.7 Å². The topological polar surface area (TPSA) is 34.9 Å².